The molecular weight excluding hydrogens is 475 g/mol. The lowest BCUT2D eigenvalue weighted by molar-refractivity contribution is -0.117. The normalized spacial score (nSPS) is 19.3. The molecule has 1 aliphatic carbocycles. The van der Waals surface area contributed by atoms with Gasteiger partial charge in [-0.15, -0.1) is 9.90 Å². The van der Waals surface area contributed by atoms with Crippen LogP contribution < -0.4 is 5.32 Å². The Morgan fingerprint density at radius 2 is 2.00 bits per heavy atom. The summed E-state index contributed by atoms with van der Waals surface area (Å²) >= 11 is 6.36. The number of rotatable bonds is 4. The summed E-state index contributed by atoms with van der Waals surface area (Å²) in [4.78, 5) is 23.4. The summed E-state index contributed by atoms with van der Waals surface area (Å²) in [6, 6.07) is 4.74. The van der Waals surface area contributed by atoms with Crippen LogP contribution in [-0.2, 0) is 17.3 Å². The van der Waals surface area contributed by atoms with E-state index in [0.29, 0.717) is 34.8 Å². The van der Waals surface area contributed by atoms with Gasteiger partial charge in [-0.3, -0.25) is 9.48 Å². The number of fused-ring (bicyclic) bond motifs is 3. The smallest absolute Gasteiger partial charge is 0.235 e. The number of hydrogen-bond donors (Lipinski definition) is 1. The Labute approximate surface area is 202 Å². The van der Waals surface area contributed by atoms with E-state index in [0.717, 1.165) is 5.69 Å². The van der Waals surface area contributed by atoms with Crippen LogP contribution in [0.5, 0.6) is 0 Å². The molecule has 1 amide bonds. The van der Waals surface area contributed by atoms with Gasteiger partial charge in [-0.05, 0) is 25.5 Å². The van der Waals surface area contributed by atoms with E-state index in [9.17, 15) is 9.18 Å². The van der Waals surface area contributed by atoms with E-state index >= 15 is 0 Å². The van der Waals surface area contributed by atoms with Crippen molar-refractivity contribution >= 4 is 28.8 Å². The zero-order valence-corrected chi connectivity index (χ0v) is 19.3. The molecule has 0 saturated carbocycles. The van der Waals surface area contributed by atoms with Gasteiger partial charge in [0, 0.05) is 31.1 Å². The maximum absolute atomic E-state index is 14.1. The first-order valence-electron chi connectivity index (χ1n) is 10.7. The molecule has 0 saturated heterocycles. The number of aryl methyl sites for hydroxylation is 1. The van der Waals surface area contributed by atoms with Crippen molar-refractivity contribution < 1.29 is 9.18 Å². The summed E-state index contributed by atoms with van der Waals surface area (Å²) in [5, 5.41) is 19.8. The number of nitrogens with one attached hydrogen (secondary N) is 1. The summed E-state index contributed by atoms with van der Waals surface area (Å²) in [5.74, 6) is -1.17. The van der Waals surface area contributed by atoms with Crippen LogP contribution in [0.4, 0.5) is 10.1 Å². The van der Waals surface area contributed by atoms with Gasteiger partial charge in [0.25, 0.3) is 0 Å². The number of nitrogens with zero attached hydrogens (tertiary/aromatic N) is 9. The molecule has 0 aromatic carbocycles. The molecule has 0 bridgehead atoms. The summed E-state index contributed by atoms with van der Waals surface area (Å²) in [6.45, 7) is 1.98. The summed E-state index contributed by atoms with van der Waals surface area (Å²) in [5.41, 5.74) is 2.17. The van der Waals surface area contributed by atoms with Gasteiger partial charge in [0.15, 0.2) is 11.5 Å². The van der Waals surface area contributed by atoms with E-state index in [-0.39, 0.29) is 10.9 Å². The maximum Gasteiger partial charge on any atom is 0.235 e. The zero-order chi connectivity index (χ0) is 24.3. The quantitative estimate of drug-likeness (QED) is 0.409. The van der Waals surface area contributed by atoms with Crippen molar-refractivity contribution in [1.82, 2.24) is 44.4 Å². The molecule has 11 nitrogen and oxygen atoms in total. The lowest BCUT2D eigenvalue weighted by Gasteiger charge is -2.23. The van der Waals surface area contributed by atoms with Crippen molar-refractivity contribution in [2.24, 2.45) is 7.05 Å². The number of anilines is 1. The number of hydrogen-bond acceptors (Lipinski definition) is 7. The lowest BCUT2D eigenvalue weighted by Crippen LogP contribution is -2.26. The highest BCUT2D eigenvalue weighted by molar-refractivity contribution is 6.32. The summed E-state index contributed by atoms with van der Waals surface area (Å²) in [6.07, 6.45) is 8.35. The standard InChI is InChI=1S/C22H18ClFN10O/c1-22(16-3-6-32(2)30-16)9-13(14-11-25-18-8-17(24)31-33(18)19(14)22)21(35)29-12-7-15(23)20(26-10-12)34-27-4-5-28-34/h3-8,10-11,13H,9H2,1-2H3,(H,29,35)/t13-,22-/m1/s1. The van der Waals surface area contributed by atoms with Crippen molar-refractivity contribution in [3.05, 3.63) is 77.1 Å². The highest BCUT2D eigenvalue weighted by Gasteiger charge is 2.48. The predicted octanol–water partition coefficient (Wildman–Crippen LogP) is 2.66. The van der Waals surface area contributed by atoms with Gasteiger partial charge in [0.1, 0.15) is 0 Å². The number of amides is 1. The van der Waals surface area contributed by atoms with Crippen molar-refractivity contribution in [3.8, 4) is 5.82 Å². The van der Waals surface area contributed by atoms with E-state index in [2.05, 4.69) is 35.7 Å². The first kappa shape index (κ1) is 21.4. The van der Waals surface area contributed by atoms with Crippen molar-refractivity contribution in [1.29, 1.82) is 0 Å². The fourth-order valence-corrected chi connectivity index (χ4v) is 4.95. The first-order chi connectivity index (χ1) is 16.8. The van der Waals surface area contributed by atoms with Gasteiger partial charge in [0.05, 0.1) is 52.0 Å². The van der Waals surface area contributed by atoms with Crippen molar-refractivity contribution in [2.75, 3.05) is 5.32 Å². The topological polar surface area (TPSA) is 121 Å². The van der Waals surface area contributed by atoms with Crippen molar-refractivity contribution in [2.45, 2.75) is 24.7 Å². The fraction of sp³-hybridized carbons (Fsp3) is 0.227. The lowest BCUT2D eigenvalue weighted by atomic mass is 9.82. The average molecular weight is 493 g/mol. The van der Waals surface area contributed by atoms with Gasteiger partial charge in [-0.1, -0.05) is 11.6 Å². The summed E-state index contributed by atoms with van der Waals surface area (Å²) in [7, 11) is 1.82. The third-order valence-corrected chi connectivity index (χ3v) is 6.56. The molecule has 0 aliphatic heterocycles. The Hall–Kier alpha value is -4.19. The number of carbonyl (C=O) groups is 1. The van der Waals surface area contributed by atoms with Crippen LogP contribution in [0.2, 0.25) is 5.02 Å². The summed E-state index contributed by atoms with van der Waals surface area (Å²) < 4.78 is 17.2. The third-order valence-electron chi connectivity index (χ3n) is 6.29. The van der Waals surface area contributed by atoms with Crippen LogP contribution in [0.25, 0.3) is 11.5 Å². The van der Waals surface area contributed by atoms with Crippen LogP contribution in [0.15, 0.2) is 49.2 Å². The highest BCUT2D eigenvalue weighted by Crippen LogP contribution is 2.49. The number of aromatic nitrogens is 9. The Bertz CT molecular complexity index is 1590. The molecule has 0 fully saturated rings. The zero-order valence-electron chi connectivity index (χ0n) is 18.6. The molecular formula is C22H18ClFN10O. The molecule has 13 heteroatoms. The Balaban J connectivity index is 1.38. The largest absolute Gasteiger partial charge is 0.324 e. The SMILES string of the molecule is Cn1ccc([C@@]2(C)C[C@@H](C(=O)Nc3cnc(-n4nccn4)c(Cl)c3)c3cnc4cc(F)nn4c32)n1. The van der Waals surface area contributed by atoms with E-state index in [1.54, 1.807) is 16.9 Å². The minimum Gasteiger partial charge on any atom is -0.324 e. The number of pyridine rings is 1. The Kier molecular flexibility index (Phi) is 4.68. The second-order valence-corrected chi connectivity index (χ2v) is 9.01. The molecule has 5 aromatic heterocycles. The molecule has 1 N–H and O–H groups in total. The van der Waals surface area contributed by atoms with Crippen LogP contribution in [-0.4, -0.2) is 50.3 Å². The van der Waals surface area contributed by atoms with E-state index in [1.807, 2.05) is 26.2 Å². The molecule has 5 heterocycles. The molecule has 0 spiro atoms. The average Bonchev–Trinajstić information content (AvgIpc) is 3.60. The monoisotopic (exact) mass is 492 g/mol. The van der Waals surface area contributed by atoms with Gasteiger partial charge in [-0.2, -0.15) is 19.7 Å². The van der Waals surface area contributed by atoms with Crippen LogP contribution >= 0.6 is 11.6 Å². The van der Waals surface area contributed by atoms with Gasteiger partial charge >= 0.3 is 0 Å². The number of halogens is 2. The molecule has 0 unspecified atom stereocenters. The van der Waals surface area contributed by atoms with E-state index in [4.69, 9.17) is 11.6 Å². The van der Waals surface area contributed by atoms with Gasteiger partial charge in [-0.25, -0.2) is 14.5 Å². The molecule has 1 aliphatic rings. The highest BCUT2D eigenvalue weighted by atomic mass is 35.5. The molecule has 0 radical (unpaired) electrons. The van der Waals surface area contributed by atoms with Crippen LogP contribution in [0, 0.1) is 5.95 Å². The Morgan fingerprint density at radius 3 is 2.71 bits per heavy atom. The second kappa shape index (κ2) is 7.67. The fourth-order valence-electron chi connectivity index (χ4n) is 4.71. The number of carbonyl (C=O) groups excluding carboxylic acids is 1. The Morgan fingerprint density at radius 1 is 1.20 bits per heavy atom. The van der Waals surface area contributed by atoms with Crippen molar-refractivity contribution in [3.63, 3.8) is 0 Å². The first-order valence-corrected chi connectivity index (χ1v) is 11.1. The third kappa shape index (κ3) is 3.36. The predicted molar refractivity (Wildman–Crippen MR) is 123 cm³/mol. The minimum atomic E-state index is -0.705. The molecule has 5 aromatic rings. The van der Waals surface area contributed by atoms with E-state index < -0.39 is 17.3 Å². The molecule has 6 rings (SSSR count). The second-order valence-electron chi connectivity index (χ2n) is 8.60. The molecule has 176 valence electrons. The molecule has 35 heavy (non-hydrogen) atoms. The van der Waals surface area contributed by atoms with E-state index in [1.165, 1.54) is 34.0 Å². The van der Waals surface area contributed by atoms with Crippen LogP contribution in [0.3, 0.4) is 0 Å². The molecule has 2 atom stereocenters. The van der Waals surface area contributed by atoms with Gasteiger partial charge < -0.3 is 5.32 Å². The maximum atomic E-state index is 14.1. The van der Waals surface area contributed by atoms with Crippen LogP contribution in [0.1, 0.15) is 36.2 Å². The van der Waals surface area contributed by atoms with Gasteiger partial charge in [0.2, 0.25) is 11.9 Å². The minimum absolute atomic E-state index is 0.275.